The molecule has 0 saturated heterocycles. The molecule has 24 heavy (non-hydrogen) atoms. The summed E-state index contributed by atoms with van der Waals surface area (Å²) in [7, 11) is 0. The van der Waals surface area contributed by atoms with Crippen molar-refractivity contribution in [3.63, 3.8) is 0 Å². The number of hydrogen-bond acceptors (Lipinski definition) is 4. The van der Waals surface area contributed by atoms with E-state index in [0.717, 1.165) is 12.0 Å². The lowest BCUT2D eigenvalue weighted by atomic mass is 9.46. The molecule has 0 aromatic carbocycles. The molecule has 3 saturated carbocycles. The SMILES string of the molecule is CC1CCC2C1C1C(/C(=C/C=C/C(C)(O)CO)CO)CC(O)C21C. The van der Waals surface area contributed by atoms with Gasteiger partial charge in [-0.3, -0.25) is 0 Å². The molecule has 136 valence electrons. The Kier molecular flexibility index (Phi) is 4.71. The summed E-state index contributed by atoms with van der Waals surface area (Å²) in [6.07, 6.45) is 8.03. The van der Waals surface area contributed by atoms with Crippen LogP contribution in [-0.4, -0.2) is 45.3 Å². The van der Waals surface area contributed by atoms with Crippen LogP contribution in [-0.2, 0) is 0 Å². The molecule has 3 rings (SSSR count). The zero-order valence-corrected chi connectivity index (χ0v) is 15.0. The first-order chi connectivity index (χ1) is 11.3. The Morgan fingerprint density at radius 1 is 1.29 bits per heavy atom. The van der Waals surface area contributed by atoms with Crippen LogP contribution in [0.5, 0.6) is 0 Å². The molecule has 3 aliphatic rings. The van der Waals surface area contributed by atoms with E-state index in [9.17, 15) is 15.3 Å². The van der Waals surface area contributed by atoms with Crippen molar-refractivity contribution in [2.75, 3.05) is 13.2 Å². The molecular weight excluding hydrogens is 304 g/mol. The van der Waals surface area contributed by atoms with Crippen LogP contribution < -0.4 is 0 Å². The highest BCUT2D eigenvalue weighted by molar-refractivity contribution is 5.27. The lowest BCUT2D eigenvalue weighted by molar-refractivity contribution is -0.143. The van der Waals surface area contributed by atoms with E-state index in [1.807, 2.05) is 6.08 Å². The Balaban J connectivity index is 1.83. The van der Waals surface area contributed by atoms with Crippen molar-refractivity contribution < 1.29 is 20.4 Å². The highest BCUT2D eigenvalue weighted by Gasteiger charge is 2.70. The average molecular weight is 336 g/mol. The predicted octanol–water partition coefficient (Wildman–Crippen LogP) is 1.88. The van der Waals surface area contributed by atoms with Crippen LogP contribution in [0.1, 0.15) is 40.0 Å². The van der Waals surface area contributed by atoms with E-state index in [4.69, 9.17) is 5.11 Å². The third kappa shape index (κ3) is 2.59. The lowest BCUT2D eigenvalue weighted by Gasteiger charge is -2.58. The fraction of sp³-hybridized carbons (Fsp3) is 0.800. The minimum atomic E-state index is -1.25. The molecule has 4 N–H and O–H groups in total. The summed E-state index contributed by atoms with van der Waals surface area (Å²) < 4.78 is 0. The van der Waals surface area contributed by atoms with Gasteiger partial charge >= 0.3 is 0 Å². The summed E-state index contributed by atoms with van der Waals surface area (Å²) in [5.74, 6) is 2.65. The van der Waals surface area contributed by atoms with Crippen LogP contribution in [0.4, 0.5) is 0 Å². The summed E-state index contributed by atoms with van der Waals surface area (Å²) in [6, 6.07) is 0. The maximum Gasteiger partial charge on any atom is 0.103 e. The van der Waals surface area contributed by atoms with Gasteiger partial charge in [-0.05, 0) is 54.9 Å². The van der Waals surface area contributed by atoms with Crippen molar-refractivity contribution in [3.8, 4) is 0 Å². The van der Waals surface area contributed by atoms with Gasteiger partial charge in [-0.1, -0.05) is 38.5 Å². The third-order valence-corrected chi connectivity index (χ3v) is 7.36. The average Bonchev–Trinajstić information content (AvgIpc) is 2.97. The van der Waals surface area contributed by atoms with Crippen molar-refractivity contribution in [1.29, 1.82) is 0 Å². The normalized spacial score (nSPS) is 47.4. The standard InChI is InChI=1S/C20H32O4/c1-12-6-7-15-17(12)18-14(9-16(23)20(15,18)3)13(10-21)5-4-8-19(2,24)11-22/h4-5,8,12,14-18,21-24H,6-7,9-11H2,1-3H3/b8-4+,13-5+. The molecule has 8 unspecified atom stereocenters. The molecule has 0 bridgehead atoms. The quantitative estimate of drug-likeness (QED) is 0.578. The number of aliphatic hydroxyl groups is 4. The second-order valence-corrected chi connectivity index (χ2v) is 8.76. The number of allylic oxidation sites excluding steroid dienone is 2. The molecule has 0 heterocycles. The monoisotopic (exact) mass is 336 g/mol. The molecule has 0 aromatic heterocycles. The van der Waals surface area contributed by atoms with Crippen LogP contribution >= 0.6 is 0 Å². The van der Waals surface area contributed by atoms with E-state index in [0.29, 0.717) is 23.7 Å². The molecule has 0 spiro atoms. The first-order valence-electron chi connectivity index (χ1n) is 9.26. The highest BCUT2D eigenvalue weighted by atomic mass is 16.3. The van der Waals surface area contributed by atoms with Crippen molar-refractivity contribution in [2.45, 2.75) is 51.7 Å². The summed E-state index contributed by atoms with van der Waals surface area (Å²) in [5.41, 5.74) is -0.318. The first-order valence-corrected chi connectivity index (χ1v) is 9.26. The number of rotatable bonds is 5. The highest BCUT2D eigenvalue weighted by Crippen LogP contribution is 2.73. The van der Waals surface area contributed by atoms with Crippen LogP contribution in [0.15, 0.2) is 23.8 Å². The summed E-state index contributed by atoms with van der Waals surface area (Å²) >= 11 is 0. The molecule has 3 fully saturated rings. The second-order valence-electron chi connectivity index (χ2n) is 8.76. The largest absolute Gasteiger partial charge is 0.393 e. The van der Waals surface area contributed by atoms with Gasteiger partial charge in [0.15, 0.2) is 0 Å². The maximum atomic E-state index is 10.7. The summed E-state index contributed by atoms with van der Waals surface area (Å²) in [5, 5.41) is 39.6. The Morgan fingerprint density at radius 3 is 2.62 bits per heavy atom. The number of aliphatic hydroxyl groups excluding tert-OH is 3. The molecule has 4 nitrogen and oxygen atoms in total. The zero-order valence-electron chi connectivity index (χ0n) is 15.0. The van der Waals surface area contributed by atoms with Crippen molar-refractivity contribution in [3.05, 3.63) is 23.8 Å². The second kappa shape index (κ2) is 6.24. The van der Waals surface area contributed by atoms with E-state index < -0.39 is 5.60 Å². The van der Waals surface area contributed by atoms with Crippen molar-refractivity contribution in [2.24, 2.45) is 35.0 Å². The number of hydrogen-bond donors (Lipinski definition) is 4. The lowest BCUT2D eigenvalue weighted by Crippen LogP contribution is -2.57. The molecule has 0 amide bonds. The van der Waals surface area contributed by atoms with Gasteiger partial charge in [-0.15, -0.1) is 0 Å². The summed E-state index contributed by atoms with van der Waals surface area (Å²) in [6.45, 7) is 5.75. The van der Waals surface area contributed by atoms with Gasteiger partial charge < -0.3 is 20.4 Å². The van der Waals surface area contributed by atoms with E-state index in [1.165, 1.54) is 12.8 Å². The Labute approximate surface area is 144 Å². The summed E-state index contributed by atoms with van der Waals surface area (Å²) in [4.78, 5) is 0. The number of fused-ring (bicyclic) bond motifs is 4. The van der Waals surface area contributed by atoms with Gasteiger partial charge in [0.05, 0.1) is 19.3 Å². The molecule has 3 aliphatic carbocycles. The van der Waals surface area contributed by atoms with Crippen LogP contribution in [0.3, 0.4) is 0 Å². The van der Waals surface area contributed by atoms with E-state index in [2.05, 4.69) is 13.8 Å². The fourth-order valence-electron chi connectivity index (χ4n) is 6.02. The van der Waals surface area contributed by atoms with Gasteiger partial charge in [-0.2, -0.15) is 0 Å². The molecule has 4 heteroatoms. The molecule has 0 aromatic rings. The van der Waals surface area contributed by atoms with Crippen LogP contribution in [0.2, 0.25) is 0 Å². The Morgan fingerprint density at radius 2 is 2.00 bits per heavy atom. The molecule has 8 atom stereocenters. The van der Waals surface area contributed by atoms with Crippen molar-refractivity contribution >= 4 is 0 Å². The smallest absolute Gasteiger partial charge is 0.103 e. The molecular formula is C20H32O4. The van der Waals surface area contributed by atoms with Gasteiger partial charge in [-0.25, -0.2) is 0 Å². The fourth-order valence-corrected chi connectivity index (χ4v) is 6.02. The third-order valence-electron chi connectivity index (χ3n) is 7.36. The van der Waals surface area contributed by atoms with Crippen molar-refractivity contribution in [1.82, 2.24) is 0 Å². The van der Waals surface area contributed by atoms with Gasteiger partial charge in [0.2, 0.25) is 0 Å². The van der Waals surface area contributed by atoms with Crippen LogP contribution in [0.25, 0.3) is 0 Å². The maximum absolute atomic E-state index is 10.7. The topological polar surface area (TPSA) is 80.9 Å². The molecule has 0 aliphatic heterocycles. The van der Waals surface area contributed by atoms with E-state index in [1.54, 1.807) is 19.1 Å². The van der Waals surface area contributed by atoms with Gasteiger partial charge in [0.1, 0.15) is 5.60 Å². The van der Waals surface area contributed by atoms with E-state index in [-0.39, 0.29) is 30.7 Å². The van der Waals surface area contributed by atoms with E-state index >= 15 is 0 Å². The first kappa shape index (κ1) is 18.1. The minimum Gasteiger partial charge on any atom is -0.393 e. The predicted molar refractivity (Wildman–Crippen MR) is 93.1 cm³/mol. The van der Waals surface area contributed by atoms with Gasteiger partial charge in [0, 0.05) is 5.41 Å². The Hall–Kier alpha value is -0.680. The zero-order chi connectivity index (χ0) is 17.7. The Bertz CT molecular complexity index is 538. The van der Waals surface area contributed by atoms with Gasteiger partial charge in [0.25, 0.3) is 0 Å². The molecule has 0 radical (unpaired) electrons. The van der Waals surface area contributed by atoms with Crippen LogP contribution in [0, 0.1) is 35.0 Å². The minimum absolute atomic E-state index is 0.00530.